The van der Waals surface area contributed by atoms with E-state index < -0.39 is 0 Å². The van der Waals surface area contributed by atoms with Crippen molar-refractivity contribution < 1.29 is 9.59 Å². The third-order valence-electron chi connectivity index (χ3n) is 1.68. The van der Waals surface area contributed by atoms with Crippen molar-refractivity contribution in [1.29, 1.82) is 0 Å². The van der Waals surface area contributed by atoms with Crippen LogP contribution < -0.4 is 5.32 Å². The molecule has 0 fully saturated rings. The average Bonchev–Trinajstić information content (AvgIpc) is 2.54. The summed E-state index contributed by atoms with van der Waals surface area (Å²) in [5.74, 6) is 5.65. The van der Waals surface area contributed by atoms with Crippen molar-refractivity contribution >= 4 is 23.5 Å². The van der Waals surface area contributed by atoms with E-state index in [2.05, 4.69) is 17.2 Å². The fourth-order valence-corrected chi connectivity index (χ4v) is 1.84. The van der Waals surface area contributed by atoms with Crippen molar-refractivity contribution in [3.8, 4) is 11.8 Å². The van der Waals surface area contributed by atoms with Gasteiger partial charge in [-0.25, -0.2) is 0 Å². The molecule has 0 saturated heterocycles. The third kappa shape index (κ3) is 3.56. The molecule has 1 heterocycles. The molecule has 0 aliphatic carbocycles. The summed E-state index contributed by atoms with van der Waals surface area (Å²) >= 11 is 1.36. The lowest BCUT2D eigenvalue weighted by molar-refractivity contribution is -0.118. The van der Waals surface area contributed by atoms with E-state index in [1.165, 1.54) is 18.3 Å². The normalized spacial score (nSPS) is 8.93. The average molecular weight is 221 g/mol. The summed E-state index contributed by atoms with van der Waals surface area (Å²) in [6, 6.07) is 1.81. The van der Waals surface area contributed by atoms with E-state index in [-0.39, 0.29) is 5.91 Å². The van der Waals surface area contributed by atoms with Crippen molar-refractivity contribution in [1.82, 2.24) is 5.32 Å². The first-order chi connectivity index (χ1) is 7.13. The molecule has 1 rings (SSSR count). The number of aldehydes is 1. The summed E-state index contributed by atoms with van der Waals surface area (Å²) in [5, 5.41) is 2.58. The maximum absolute atomic E-state index is 10.5. The van der Waals surface area contributed by atoms with Crippen LogP contribution in [0.2, 0.25) is 0 Å². The summed E-state index contributed by atoms with van der Waals surface area (Å²) in [4.78, 5) is 22.6. The van der Waals surface area contributed by atoms with Gasteiger partial charge in [0.15, 0.2) is 6.29 Å². The molecular formula is C11H11NO2S. The molecule has 0 aromatic carbocycles. The first-order valence-corrected chi connectivity index (χ1v) is 5.24. The Bertz CT molecular complexity index is 437. The lowest BCUT2D eigenvalue weighted by Gasteiger charge is -1.90. The fraction of sp³-hybridized carbons (Fsp3) is 0.273. The number of nitrogens with one attached hydrogen (secondary N) is 1. The van der Waals surface area contributed by atoms with Gasteiger partial charge in [0.05, 0.1) is 16.3 Å². The summed E-state index contributed by atoms with van der Waals surface area (Å²) in [7, 11) is 0. The Morgan fingerprint density at radius 2 is 2.40 bits per heavy atom. The highest BCUT2D eigenvalue weighted by Crippen LogP contribution is 2.18. The minimum atomic E-state index is -0.0965. The van der Waals surface area contributed by atoms with Gasteiger partial charge in [0.25, 0.3) is 0 Å². The standard InChI is InChI=1S/C11H11NO2S/c1-8-6-10(7-13)15-11(8)4-3-5-12-9(2)14/h6-7H,5H2,1-2H3,(H,12,14). The molecule has 0 aliphatic rings. The largest absolute Gasteiger partial charge is 0.345 e. The molecule has 1 aromatic heterocycles. The smallest absolute Gasteiger partial charge is 0.217 e. The quantitative estimate of drug-likeness (QED) is 0.605. The number of carbonyl (C=O) groups is 2. The van der Waals surface area contributed by atoms with Crippen LogP contribution in [0.4, 0.5) is 0 Å². The Balaban J connectivity index is 2.66. The molecule has 1 aromatic rings. The highest BCUT2D eigenvalue weighted by Gasteiger charge is 2.01. The first kappa shape index (κ1) is 11.5. The van der Waals surface area contributed by atoms with E-state index >= 15 is 0 Å². The van der Waals surface area contributed by atoms with Crippen molar-refractivity contribution in [3.63, 3.8) is 0 Å². The van der Waals surface area contributed by atoms with E-state index in [1.807, 2.05) is 6.92 Å². The molecule has 1 amide bonds. The number of rotatable bonds is 2. The molecule has 0 aliphatic heterocycles. The SMILES string of the molecule is CC(=O)NCC#Cc1sc(C=O)cc1C. The number of hydrogen-bond acceptors (Lipinski definition) is 3. The second-order valence-corrected chi connectivity index (χ2v) is 4.07. The summed E-state index contributed by atoms with van der Waals surface area (Å²) in [6.45, 7) is 3.69. The Labute approximate surface area is 92.5 Å². The molecule has 15 heavy (non-hydrogen) atoms. The molecule has 78 valence electrons. The van der Waals surface area contributed by atoms with Gasteiger partial charge in [-0.05, 0) is 18.6 Å². The van der Waals surface area contributed by atoms with Crippen LogP contribution in [0.5, 0.6) is 0 Å². The van der Waals surface area contributed by atoms with Gasteiger partial charge in [-0.15, -0.1) is 11.3 Å². The number of thiophene rings is 1. The van der Waals surface area contributed by atoms with E-state index in [0.29, 0.717) is 11.4 Å². The zero-order valence-corrected chi connectivity index (χ0v) is 9.40. The Kier molecular flexibility index (Phi) is 4.07. The predicted molar refractivity (Wildman–Crippen MR) is 60.0 cm³/mol. The number of carbonyl (C=O) groups excluding carboxylic acids is 2. The van der Waals surface area contributed by atoms with Gasteiger partial charge >= 0.3 is 0 Å². The van der Waals surface area contributed by atoms with E-state index in [4.69, 9.17) is 0 Å². The number of aryl methyl sites for hydroxylation is 1. The van der Waals surface area contributed by atoms with Crippen LogP contribution in [0, 0.1) is 18.8 Å². The Morgan fingerprint density at radius 3 is 2.93 bits per heavy atom. The van der Waals surface area contributed by atoms with Crippen LogP contribution in [0.3, 0.4) is 0 Å². The lowest BCUT2D eigenvalue weighted by atomic mass is 10.3. The number of hydrogen-bond donors (Lipinski definition) is 1. The first-order valence-electron chi connectivity index (χ1n) is 4.42. The van der Waals surface area contributed by atoms with Gasteiger partial charge in [-0.2, -0.15) is 0 Å². The van der Waals surface area contributed by atoms with Crippen molar-refractivity contribution in [2.75, 3.05) is 6.54 Å². The van der Waals surface area contributed by atoms with E-state index in [1.54, 1.807) is 6.07 Å². The predicted octanol–water partition coefficient (Wildman–Crippen LogP) is 1.36. The van der Waals surface area contributed by atoms with Gasteiger partial charge < -0.3 is 5.32 Å². The van der Waals surface area contributed by atoms with Gasteiger partial charge in [0, 0.05) is 6.92 Å². The zero-order chi connectivity index (χ0) is 11.3. The van der Waals surface area contributed by atoms with Crippen molar-refractivity contribution in [3.05, 3.63) is 21.4 Å². The topological polar surface area (TPSA) is 46.2 Å². The fourth-order valence-electron chi connectivity index (χ4n) is 0.982. The van der Waals surface area contributed by atoms with Crippen LogP contribution >= 0.6 is 11.3 Å². The van der Waals surface area contributed by atoms with E-state index in [0.717, 1.165) is 16.7 Å². The summed E-state index contributed by atoms with van der Waals surface area (Å²) in [5.41, 5.74) is 0.998. The van der Waals surface area contributed by atoms with Gasteiger partial charge in [0.1, 0.15) is 0 Å². The second-order valence-electron chi connectivity index (χ2n) is 2.99. The van der Waals surface area contributed by atoms with Crippen LogP contribution in [-0.4, -0.2) is 18.7 Å². The molecule has 0 spiro atoms. The Morgan fingerprint density at radius 1 is 1.67 bits per heavy atom. The minimum absolute atomic E-state index is 0.0965. The molecule has 0 bridgehead atoms. The van der Waals surface area contributed by atoms with Crippen LogP contribution in [-0.2, 0) is 4.79 Å². The maximum Gasteiger partial charge on any atom is 0.217 e. The molecule has 0 atom stereocenters. The van der Waals surface area contributed by atoms with Crippen LogP contribution in [0.25, 0.3) is 0 Å². The Hall–Kier alpha value is -1.60. The maximum atomic E-state index is 10.5. The summed E-state index contributed by atoms with van der Waals surface area (Å²) in [6.07, 6.45) is 0.816. The molecule has 0 unspecified atom stereocenters. The van der Waals surface area contributed by atoms with Crippen molar-refractivity contribution in [2.45, 2.75) is 13.8 Å². The molecule has 3 nitrogen and oxygen atoms in total. The molecule has 4 heteroatoms. The van der Waals surface area contributed by atoms with Gasteiger partial charge in [-0.1, -0.05) is 11.8 Å². The lowest BCUT2D eigenvalue weighted by Crippen LogP contribution is -2.19. The van der Waals surface area contributed by atoms with Gasteiger partial charge in [0.2, 0.25) is 5.91 Å². The third-order valence-corrected chi connectivity index (χ3v) is 2.76. The number of amides is 1. The van der Waals surface area contributed by atoms with Crippen LogP contribution in [0.15, 0.2) is 6.07 Å². The molecule has 0 saturated carbocycles. The van der Waals surface area contributed by atoms with Crippen molar-refractivity contribution in [2.24, 2.45) is 0 Å². The monoisotopic (exact) mass is 221 g/mol. The van der Waals surface area contributed by atoms with Crippen LogP contribution in [0.1, 0.15) is 27.0 Å². The second kappa shape index (κ2) is 5.32. The van der Waals surface area contributed by atoms with E-state index in [9.17, 15) is 9.59 Å². The molecule has 0 radical (unpaired) electrons. The highest BCUT2D eigenvalue weighted by molar-refractivity contribution is 7.14. The highest BCUT2D eigenvalue weighted by atomic mass is 32.1. The minimum Gasteiger partial charge on any atom is -0.345 e. The molecular weight excluding hydrogens is 210 g/mol. The molecule has 1 N–H and O–H groups in total. The zero-order valence-electron chi connectivity index (χ0n) is 8.59. The summed E-state index contributed by atoms with van der Waals surface area (Å²) < 4.78 is 0. The van der Waals surface area contributed by atoms with Gasteiger partial charge in [-0.3, -0.25) is 9.59 Å².